The van der Waals surface area contributed by atoms with Gasteiger partial charge in [0.2, 0.25) is 12.3 Å². The minimum Gasteiger partial charge on any atom is -0.452 e. The third-order valence-electron chi connectivity index (χ3n) is 2.90. The molecule has 0 amide bonds. The van der Waals surface area contributed by atoms with Crippen molar-refractivity contribution >= 4 is 21.6 Å². The molecule has 1 aromatic carbocycles. The van der Waals surface area contributed by atoms with Gasteiger partial charge in [0.05, 0.1) is 6.04 Å². The minimum absolute atomic E-state index is 0.0792. The Morgan fingerprint density at radius 1 is 1.15 bits per heavy atom. The predicted molar refractivity (Wildman–Crippen MR) is 78.2 cm³/mol. The van der Waals surface area contributed by atoms with Crippen molar-refractivity contribution in [2.24, 2.45) is 0 Å². The molecule has 6 heteroatoms. The first-order chi connectivity index (χ1) is 9.72. The highest BCUT2D eigenvalue weighted by Gasteiger charge is 2.10. The SMILES string of the molecule is CC(Nc1ccc(-c2nnco2)cc1)c1ccc(Br)o1. The number of anilines is 1. The number of halogens is 1. The average molecular weight is 334 g/mol. The molecule has 0 fully saturated rings. The molecule has 1 unspecified atom stereocenters. The Kier molecular flexibility index (Phi) is 3.56. The number of furan rings is 1. The van der Waals surface area contributed by atoms with E-state index in [1.807, 2.05) is 43.3 Å². The topological polar surface area (TPSA) is 64.1 Å². The van der Waals surface area contributed by atoms with Gasteiger partial charge in [-0.15, -0.1) is 10.2 Å². The number of nitrogens with one attached hydrogen (secondary N) is 1. The molecule has 3 rings (SSSR count). The van der Waals surface area contributed by atoms with Crippen molar-refractivity contribution in [2.75, 3.05) is 5.32 Å². The molecule has 102 valence electrons. The van der Waals surface area contributed by atoms with Gasteiger partial charge in [0, 0.05) is 11.3 Å². The third kappa shape index (κ3) is 2.75. The van der Waals surface area contributed by atoms with Crippen LogP contribution >= 0.6 is 15.9 Å². The van der Waals surface area contributed by atoms with Crippen molar-refractivity contribution in [2.45, 2.75) is 13.0 Å². The number of nitrogens with zero attached hydrogens (tertiary/aromatic N) is 2. The molecule has 0 aliphatic heterocycles. The van der Waals surface area contributed by atoms with Crippen LogP contribution in [0.1, 0.15) is 18.7 Å². The Hall–Kier alpha value is -2.08. The first-order valence-electron chi connectivity index (χ1n) is 6.11. The number of hydrogen-bond donors (Lipinski definition) is 1. The fourth-order valence-corrected chi connectivity index (χ4v) is 2.21. The maximum atomic E-state index is 5.52. The van der Waals surface area contributed by atoms with E-state index in [9.17, 15) is 0 Å². The maximum absolute atomic E-state index is 5.52. The van der Waals surface area contributed by atoms with Crippen molar-refractivity contribution in [3.63, 3.8) is 0 Å². The third-order valence-corrected chi connectivity index (χ3v) is 3.32. The number of benzene rings is 1. The summed E-state index contributed by atoms with van der Waals surface area (Å²) in [5.74, 6) is 1.39. The molecule has 0 saturated carbocycles. The van der Waals surface area contributed by atoms with Crippen LogP contribution in [0.3, 0.4) is 0 Å². The second-order valence-corrected chi connectivity index (χ2v) is 5.11. The van der Waals surface area contributed by atoms with E-state index in [0.29, 0.717) is 5.89 Å². The Labute approximate surface area is 124 Å². The van der Waals surface area contributed by atoms with Crippen LogP contribution in [0.15, 0.2) is 56.3 Å². The first kappa shape index (κ1) is 12.9. The fourth-order valence-electron chi connectivity index (χ4n) is 1.89. The van der Waals surface area contributed by atoms with Crippen LogP contribution in [0, 0.1) is 0 Å². The lowest BCUT2D eigenvalue weighted by Gasteiger charge is -2.12. The van der Waals surface area contributed by atoms with Crippen molar-refractivity contribution in [3.8, 4) is 11.5 Å². The zero-order valence-electron chi connectivity index (χ0n) is 10.7. The number of hydrogen-bond acceptors (Lipinski definition) is 5. The van der Waals surface area contributed by atoms with Crippen LogP contribution in [0.5, 0.6) is 0 Å². The van der Waals surface area contributed by atoms with Crippen LogP contribution in [0.2, 0.25) is 0 Å². The van der Waals surface area contributed by atoms with E-state index in [2.05, 4.69) is 31.4 Å². The molecule has 0 saturated heterocycles. The zero-order valence-corrected chi connectivity index (χ0v) is 12.3. The van der Waals surface area contributed by atoms with Gasteiger partial charge in [0.1, 0.15) is 5.76 Å². The lowest BCUT2D eigenvalue weighted by Crippen LogP contribution is -2.05. The molecule has 0 radical (unpaired) electrons. The van der Waals surface area contributed by atoms with Gasteiger partial charge in [0.15, 0.2) is 4.67 Å². The van der Waals surface area contributed by atoms with Crippen molar-refractivity contribution in [3.05, 3.63) is 53.2 Å². The Morgan fingerprint density at radius 3 is 2.55 bits per heavy atom. The van der Waals surface area contributed by atoms with E-state index < -0.39 is 0 Å². The number of aromatic nitrogens is 2. The molecule has 1 atom stereocenters. The van der Waals surface area contributed by atoms with Gasteiger partial charge in [-0.25, -0.2) is 0 Å². The van der Waals surface area contributed by atoms with Gasteiger partial charge in [-0.3, -0.25) is 0 Å². The van der Waals surface area contributed by atoms with Gasteiger partial charge in [-0.1, -0.05) is 0 Å². The highest BCUT2D eigenvalue weighted by molar-refractivity contribution is 9.10. The molecular weight excluding hydrogens is 322 g/mol. The van der Waals surface area contributed by atoms with Crippen LogP contribution < -0.4 is 5.32 Å². The quantitative estimate of drug-likeness (QED) is 0.772. The molecule has 0 aliphatic carbocycles. The van der Waals surface area contributed by atoms with Crippen molar-refractivity contribution < 1.29 is 8.83 Å². The molecule has 0 bridgehead atoms. The summed E-state index contributed by atoms with van der Waals surface area (Å²) in [6.45, 7) is 2.04. The Morgan fingerprint density at radius 2 is 1.95 bits per heavy atom. The fraction of sp³-hybridized carbons (Fsp3) is 0.143. The summed E-state index contributed by atoms with van der Waals surface area (Å²) < 4.78 is 11.4. The molecule has 1 N–H and O–H groups in total. The summed E-state index contributed by atoms with van der Waals surface area (Å²) in [7, 11) is 0. The predicted octanol–water partition coefficient (Wildman–Crippen LogP) is 4.27. The molecule has 0 aliphatic rings. The van der Waals surface area contributed by atoms with Gasteiger partial charge < -0.3 is 14.2 Å². The van der Waals surface area contributed by atoms with E-state index in [1.165, 1.54) is 6.39 Å². The second kappa shape index (κ2) is 5.50. The van der Waals surface area contributed by atoms with Crippen LogP contribution in [-0.4, -0.2) is 10.2 Å². The zero-order chi connectivity index (χ0) is 13.9. The van der Waals surface area contributed by atoms with E-state index in [4.69, 9.17) is 8.83 Å². The summed E-state index contributed by atoms with van der Waals surface area (Å²) in [4.78, 5) is 0. The highest BCUT2D eigenvalue weighted by Crippen LogP contribution is 2.25. The largest absolute Gasteiger partial charge is 0.452 e. The summed E-state index contributed by atoms with van der Waals surface area (Å²) in [5, 5.41) is 10.9. The molecule has 0 spiro atoms. The van der Waals surface area contributed by atoms with Gasteiger partial charge >= 0.3 is 0 Å². The Bertz CT molecular complexity index is 677. The number of rotatable bonds is 4. The van der Waals surface area contributed by atoms with Crippen LogP contribution in [0.4, 0.5) is 5.69 Å². The summed E-state index contributed by atoms with van der Waals surface area (Å²) in [5.41, 5.74) is 1.88. The second-order valence-electron chi connectivity index (χ2n) is 4.33. The summed E-state index contributed by atoms with van der Waals surface area (Å²) in [6.07, 6.45) is 1.32. The van der Waals surface area contributed by atoms with Crippen molar-refractivity contribution in [1.82, 2.24) is 10.2 Å². The van der Waals surface area contributed by atoms with Gasteiger partial charge in [-0.05, 0) is 59.3 Å². The molecule has 5 nitrogen and oxygen atoms in total. The minimum atomic E-state index is 0.0792. The van der Waals surface area contributed by atoms with Crippen molar-refractivity contribution in [1.29, 1.82) is 0 Å². The monoisotopic (exact) mass is 333 g/mol. The molecule has 3 aromatic rings. The maximum Gasteiger partial charge on any atom is 0.247 e. The first-order valence-corrected chi connectivity index (χ1v) is 6.90. The molecule has 2 heterocycles. The van der Waals surface area contributed by atoms with E-state index in [-0.39, 0.29) is 6.04 Å². The standard InChI is InChI=1S/C14H12BrN3O2/c1-9(12-6-7-13(15)20-12)17-11-4-2-10(3-5-11)14-18-16-8-19-14/h2-9,17H,1H3. The normalized spacial score (nSPS) is 12.3. The Balaban J connectivity index is 1.72. The lowest BCUT2D eigenvalue weighted by atomic mass is 10.2. The smallest absolute Gasteiger partial charge is 0.247 e. The highest BCUT2D eigenvalue weighted by atomic mass is 79.9. The van der Waals surface area contributed by atoms with E-state index in [0.717, 1.165) is 21.7 Å². The van der Waals surface area contributed by atoms with Gasteiger partial charge in [0.25, 0.3) is 0 Å². The summed E-state index contributed by atoms with van der Waals surface area (Å²) in [6, 6.07) is 11.7. The lowest BCUT2D eigenvalue weighted by molar-refractivity contribution is 0.471. The average Bonchev–Trinajstić information content (AvgIpc) is 3.10. The molecule has 2 aromatic heterocycles. The van der Waals surface area contributed by atoms with E-state index in [1.54, 1.807) is 0 Å². The summed E-state index contributed by atoms with van der Waals surface area (Å²) >= 11 is 3.30. The van der Waals surface area contributed by atoms with Gasteiger partial charge in [-0.2, -0.15) is 0 Å². The van der Waals surface area contributed by atoms with Crippen LogP contribution in [0.25, 0.3) is 11.5 Å². The molecule has 20 heavy (non-hydrogen) atoms. The van der Waals surface area contributed by atoms with Crippen LogP contribution in [-0.2, 0) is 0 Å². The molecular formula is C14H12BrN3O2. The van der Waals surface area contributed by atoms with E-state index >= 15 is 0 Å².